The highest BCUT2D eigenvalue weighted by atomic mass is 32.2. The van der Waals surface area contributed by atoms with Gasteiger partial charge in [-0.2, -0.15) is 4.31 Å². The molecule has 2 aromatic rings. The predicted octanol–water partition coefficient (Wildman–Crippen LogP) is 2.19. The molecule has 2 heterocycles. The van der Waals surface area contributed by atoms with E-state index in [-0.39, 0.29) is 23.3 Å². The summed E-state index contributed by atoms with van der Waals surface area (Å²) in [6.45, 7) is 2.09. The minimum atomic E-state index is -3.62. The molecule has 1 aliphatic rings. The van der Waals surface area contributed by atoms with Crippen molar-refractivity contribution in [1.82, 2.24) is 9.29 Å². The SMILES string of the molecule is CC(=O)c1cccc(S(=O)(=O)N2CCC(Oc3nccs3)C2)c1. The quantitative estimate of drug-likeness (QED) is 0.771. The molecule has 23 heavy (non-hydrogen) atoms. The maximum atomic E-state index is 12.7. The van der Waals surface area contributed by atoms with Crippen molar-refractivity contribution in [1.29, 1.82) is 0 Å². The van der Waals surface area contributed by atoms with Crippen LogP contribution in [0.1, 0.15) is 23.7 Å². The van der Waals surface area contributed by atoms with E-state index >= 15 is 0 Å². The van der Waals surface area contributed by atoms with E-state index in [0.29, 0.717) is 23.7 Å². The van der Waals surface area contributed by atoms with Gasteiger partial charge < -0.3 is 4.74 Å². The number of hydrogen-bond donors (Lipinski definition) is 0. The lowest BCUT2D eigenvalue weighted by molar-refractivity contribution is 0.101. The Morgan fingerprint density at radius 1 is 1.43 bits per heavy atom. The van der Waals surface area contributed by atoms with E-state index in [2.05, 4.69) is 4.98 Å². The van der Waals surface area contributed by atoms with Crippen LogP contribution in [0.2, 0.25) is 0 Å². The first-order chi connectivity index (χ1) is 11.0. The second kappa shape index (κ2) is 6.38. The summed E-state index contributed by atoms with van der Waals surface area (Å²) in [6.07, 6.45) is 2.06. The first-order valence-corrected chi connectivity index (χ1v) is 9.46. The lowest BCUT2D eigenvalue weighted by atomic mass is 10.2. The molecule has 0 radical (unpaired) electrons. The maximum Gasteiger partial charge on any atom is 0.273 e. The molecule has 0 aliphatic carbocycles. The van der Waals surface area contributed by atoms with Crippen LogP contribution in [0.25, 0.3) is 0 Å². The van der Waals surface area contributed by atoms with Crippen molar-refractivity contribution in [3.8, 4) is 5.19 Å². The van der Waals surface area contributed by atoms with E-state index in [1.165, 1.54) is 34.7 Å². The molecule has 0 spiro atoms. The fraction of sp³-hybridized carbons (Fsp3) is 0.333. The van der Waals surface area contributed by atoms with Crippen LogP contribution in [0.4, 0.5) is 0 Å². The van der Waals surface area contributed by atoms with Gasteiger partial charge in [0.05, 0.1) is 11.4 Å². The Morgan fingerprint density at radius 2 is 2.26 bits per heavy atom. The fourth-order valence-electron chi connectivity index (χ4n) is 2.45. The summed E-state index contributed by atoms with van der Waals surface area (Å²) in [6, 6.07) is 6.13. The zero-order valence-electron chi connectivity index (χ0n) is 12.5. The molecule has 1 atom stereocenters. The average molecular weight is 352 g/mol. The van der Waals surface area contributed by atoms with Gasteiger partial charge in [-0.25, -0.2) is 13.4 Å². The van der Waals surface area contributed by atoms with Gasteiger partial charge in [-0.3, -0.25) is 4.79 Å². The largest absolute Gasteiger partial charge is 0.465 e. The van der Waals surface area contributed by atoms with E-state index in [9.17, 15) is 13.2 Å². The number of nitrogens with zero attached hydrogens (tertiary/aromatic N) is 2. The van der Waals surface area contributed by atoms with Gasteiger partial charge in [-0.05, 0) is 25.5 Å². The molecule has 0 amide bonds. The second-order valence-corrected chi connectivity index (χ2v) is 8.07. The van der Waals surface area contributed by atoms with E-state index in [1.54, 1.807) is 18.3 Å². The van der Waals surface area contributed by atoms with Gasteiger partial charge in [0, 0.05) is 23.7 Å². The van der Waals surface area contributed by atoms with E-state index < -0.39 is 10.0 Å². The molecule has 3 rings (SSSR count). The monoisotopic (exact) mass is 352 g/mol. The van der Waals surface area contributed by atoms with Crippen molar-refractivity contribution in [2.24, 2.45) is 0 Å². The van der Waals surface area contributed by atoms with Gasteiger partial charge in [0.2, 0.25) is 10.0 Å². The molecular weight excluding hydrogens is 336 g/mol. The van der Waals surface area contributed by atoms with Crippen LogP contribution in [0.5, 0.6) is 5.19 Å². The number of carbonyl (C=O) groups is 1. The number of carbonyl (C=O) groups excluding carboxylic acids is 1. The molecule has 1 unspecified atom stereocenters. The summed E-state index contributed by atoms with van der Waals surface area (Å²) < 4.78 is 32.5. The highest BCUT2D eigenvalue weighted by molar-refractivity contribution is 7.89. The molecule has 1 aromatic heterocycles. The van der Waals surface area contributed by atoms with Gasteiger partial charge in [0.1, 0.15) is 6.10 Å². The maximum absolute atomic E-state index is 12.7. The zero-order chi connectivity index (χ0) is 16.4. The van der Waals surface area contributed by atoms with Gasteiger partial charge in [0.25, 0.3) is 5.19 Å². The number of aromatic nitrogens is 1. The molecule has 0 N–H and O–H groups in total. The van der Waals surface area contributed by atoms with Crippen molar-refractivity contribution in [3.63, 3.8) is 0 Å². The third kappa shape index (κ3) is 3.44. The Kier molecular flexibility index (Phi) is 4.47. The Hall–Kier alpha value is -1.77. The number of Topliss-reactive ketones (excluding diaryl/α,β-unsaturated/α-hetero) is 1. The number of rotatable bonds is 5. The molecule has 1 aliphatic heterocycles. The van der Waals surface area contributed by atoms with Crippen LogP contribution in [-0.2, 0) is 10.0 Å². The third-order valence-electron chi connectivity index (χ3n) is 3.66. The minimum absolute atomic E-state index is 0.139. The van der Waals surface area contributed by atoms with E-state index in [1.807, 2.05) is 5.38 Å². The van der Waals surface area contributed by atoms with Crippen LogP contribution >= 0.6 is 11.3 Å². The van der Waals surface area contributed by atoms with Gasteiger partial charge >= 0.3 is 0 Å². The zero-order valence-corrected chi connectivity index (χ0v) is 14.1. The Morgan fingerprint density at radius 3 is 2.96 bits per heavy atom. The van der Waals surface area contributed by atoms with Crippen LogP contribution < -0.4 is 4.74 Å². The van der Waals surface area contributed by atoms with Gasteiger partial charge in [0.15, 0.2) is 5.78 Å². The molecule has 0 bridgehead atoms. The molecule has 1 aromatic carbocycles. The van der Waals surface area contributed by atoms with Crippen LogP contribution in [0.3, 0.4) is 0 Å². The number of benzene rings is 1. The summed E-state index contributed by atoms with van der Waals surface area (Å²) in [5.74, 6) is -0.159. The lowest BCUT2D eigenvalue weighted by Crippen LogP contribution is -2.31. The highest BCUT2D eigenvalue weighted by Gasteiger charge is 2.34. The number of thiazole rings is 1. The van der Waals surface area contributed by atoms with Gasteiger partial charge in [-0.15, -0.1) is 0 Å². The molecule has 1 fully saturated rings. The van der Waals surface area contributed by atoms with Gasteiger partial charge in [-0.1, -0.05) is 23.5 Å². The van der Waals surface area contributed by atoms with Crippen molar-refractivity contribution in [3.05, 3.63) is 41.4 Å². The molecule has 122 valence electrons. The standard InChI is InChI=1S/C15H16N2O4S2/c1-11(18)12-3-2-4-14(9-12)23(19,20)17-7-5-13(10-17)21-15-16-6-8-22-15/h2-4,6,8-9,13H,5,7,10H2,1H3. The number of sulfonamides is 1. The highest BCUT2D eigenvalue weighted by Crippen LogP contribution is 2.25. The third-order valence-corrected chi connectivity index (χ3v) is 6.19. The summed E-state index contributed by atoms with van der Waals surface area (Å²) in [5.41, 5.74) is 0.390. The molecule has 6 nitrogen and oxygen atoms in total. The van der Waals surface area contributed by atoms with Crippen molar-refractivity contribution in [2.75, 3.05) is 13.1 Å². The molecule has 8 heteroatoms. The number of ketones is 1. The number of hydrogen-bond acceptors (Lipinski definition) is 6. The predicted molar refractivity (Wildman–Crippen MR) is 86.4 cm³/mol. The van der Waals surface area contributed by atoms with Crippen molar-refractivity contribution in [2.45, 2.75) is 24.3 Å². The molecule has 0 saturated carbocycles. The Bertz CT molecular complexity index is 803. The smallest absolute Gasteiger partial charge is 0.273 e. The van der Waals surface area contributed by atoms with Crippen molar-refractivity contribution >= 4 is 27.1 Å². The van der Waals surface area contributed by atoms with Crippen LogP contribution in [0.15, 0.2) is 40.7 Å². The lowest BCUT2D eigenvalue weighted by Gasteiger charge is -2.17. The van der Waals surface area contributed by atoms with Crippen LogP contribution in [0, 0.1) is 0 Å². The second-order valence-electron chi connectivity index (χ2n) is 5.27. The summed E-state index contributed by atoms with van der Waals surface area (Å²) >= 11 is 1.38. The van der Waals surface area contributed by atoms with E-state index in [4.69, 9.17) is 4.74 Å². The first-order valence-electron chi connectivity index (χ1n) is 7.14. The normalized spacial score (nSPS) is 18.9. The molecular formula is C15H16N2O4S2. The Labute approximate surface area is 138 Å². The van der Waals surface area contributed by atoms with Crippen molar-refractivity contribution < 1.29 is 17.9 Å². The Balaban J connectivity index is 1.76. The summed E-state index contributed by atoms with van der Waals surface area (Å²) in [5, 5.41) is 2.36. The summed E-state index contributed by atoms with van der Waals surface area (Å²) in [4.78, 5) is 15.6. The van der Waals surface area contributed by atoms with Crippen LogP contribution in [-0.4, -0.2) is 42.7 Å². The average Bonchev–Trinajstić information content (AvgIpc) is 3.20. The summed E-state index contributed by atoms with van der Waals surface area (Å²) in [7, 11) is -3.62. The van der Waals surface area contributed by atoms with E-state index in [0.717, 1.165) is 0 Å². The number of ether oxygens (including phenoxy) is 1. The molecule has 1 saturated heterocycles. The first kappa shape index (κ1) is 16.1. The topological polar surface area (TPSA) is 76.6 Å². The fourth-order valence-corrected chi connectivity index (χ4v) is 4.53. The minimum Gasteiger partial charge on any atom is -0.465 e.